The molecule has 5 heteroatoms. The molecule has 0 bridgehead atoms. The molecule has 1 heterocycles. The lowest BCUT2D eigenvalue weighted by Crippen LogP contribution is -2.10. The summed E-state index contributed by atoms with van der Waals surface area (Å²) in [6, 6.07) is 13.0. The average molecular weight is 318 g/mol. The number of carbonyl (C=O) groups excluding carboxylic acids is 1. The Bertz CT molecular complexity index is 840. The number of hydrogen-bond donors (Lipinski definition) is 0. The summed E-state index contributed by atoms with van der Waals surface area (Å²) in [6.07, 6.45) is 0. The summed E-state index contributed by atoms with van der Waals surface area (Å²) in [7, 11) is 0. The lowest BCUT2D eigenvalue weighted by Gasteiger charge is -2.10. The van der Waals surface area contributed by atoms with Gasteiger partial charge < -0.3 is 9.30 Å². The molecular weight excluding hydrogens is 305 g/mol. The number of hydrogen-bond acceptors (Lipinski definition) is 2. The molecule has 0 saturated carbocycles. The van der Waals surface area contributed by atoms with Crippen LogP contribution in [-0.4, -0.2) is 17.1 Å². The highest BCUT2D eigenvalue weighted by Crippen LogP contribution is 2.27. The van der Waals surface area contributed by atoms with E-state index in [2.05, 4.69) is 0 Å². The van der Waals surface area contributed by atoms with Crippen LogP contribution >= 0.6 is 11.6 Å². The third-order valence-electron chi connectivity index (χ3n) is 3.34. The van der Waals surface area contributed by atoms with Crippen LogP contribution in [0.1, 0.15) is 17.4 Å². The molecule has 0 aliphatic carbocycles. The molecular formula is C17H13ClFNO2. The molecule has 112 valence electrons. The molecule has 0 spiro atoms. The van der Waals surface area contributed by atoms with Gasteiger partial charge in [-0.05, 0) is 49.4 Å². The zero-order chi connectivity index (χ0) is 15.7. The number of halogens is 2. The number of carbonyl (C=O) groups is 1. The molecule has 0 aliphatic rings. The molecule has 3 aromatic rings. The zero-order valence-electron chi connectivity index (χ0n) is 11.8. The summed E-state index contributed by atoms with van der Waals surface area (Å²) >= 11 is 6.06. The van der Waals surface area contributed by atoms with E-state index in [9.17, 15) is 9.18 Å². The normalized spacial score (nSPS) is 10.9. The van der Waals surface area contributed by atoms with Gasteiger partial charge in [-0.3, -0.25) is 0 Å². The van der Waals surface area contributed by atoms with Crippen LogP contribution in [0.3, 0.4) is 0 Å². The maximum atomic E-state index is 13.2. The quantitative estimate of drug-likeness (QED) is 0.661. The predicted octanol–water partition coefficient (Wildman–Crippen LogP) is 4.60. The van der Waals surface area contributed by atoms with Crippen molar-refractivity contribution in [3.63, 3.8) is 0 Å². The number of benzene rings is 2. The van der Waals surface area contributed by atoms with Crippen LogP contribution in [0.15, 0.2) is 48.5 Å². The molecule has 1 aromatic heterocycles. The first-order valence-corrected chi connectivity index (χ1v) is 7.22. The van der Waals surface area contributed by atoms with Crippen molar-refractivity contribution in [2.24, 2.45) is 0 Å². The minimum Gasteiger partial charge on any atom is -0.461 e. The maximum absolute atomic E-state index is 13.2. The van der Waals surface area contributed by atoms with E-state index in [1.54, 1.807) is 41.8 Å². The van der Waals surface area contributed by atoms with Crippen molar-refractivity contribution in [2.45, 2.75) is 6.92 Å². The third kappa shape index (κ3) is 2.57. The van der Waals surface area contributed by atoms with Crippen molar-refractivity contribution in [3.8, 4) is 5.69 Å². The fraction of sp³-hybridized carbons (Fsp3) is 0.118. The van der Waals surface area contributed by atoms with E-state index in [0.717, 1.165) is 10.9 Å². The monoisotopic (exact) mass is 317 g/mol. The molecule has 0 fully saturated rings. The third-order valence-corrected chi connectivity index (χ3v) is 3.57. The summed E-state index contributed by atoms with van der Waals surface area (Å²) in [5, 5.41) is 1.42. The van der Waals surface area contributed by atoms with Gasteiger partial charge >= 0.3 is 5.97 Å². The second kappa shape index (κ2) is 5.81. The Labute approximate surface area is 131 Å². The first-order chi connectivity index (χ1) is 10.6. The summed E-state index contributed by atoms with van der Waals surface area (Å²) in [4.78, 5) is 12.2. The Morgan fingerprint density at radius 1 is 1.18 bits per heavy atom. The number of fused-ring (bicyclic) bond motifs is 1. The van der Waals surface area contributed by atoms with E-state index >= 15 is 0 Å². The SMILES string of the molecule is CCOC(=O)c1cc2ccc(Cl)cc2n1-c1ccc(F)cc1. The number of nitrogens with zero attached hydrogens (tertiary/aromatic N) is 1. The Hall–Kier alpha value is -2.33. The molecule has 0 amide bonds. The molecule has 0 unspecified atom stereocenters. The highest BCUT2D eigenvalue weighted by atomic mass is 35.5. The smallest absolute Gasteiger partial charge is 0.355 e. The van der Waals surface area contributed by atoms with Crippen LogP contribution in [0.25, 0.3) is 16.6 Å². The minimum atomic E-state index is -0.431. The maximum Gasteiger partial charge on any atom is 0.355 e. The van der Waals surface area contributed by atoms with Crippen LogP contribution in [0.5, 0.6) is 0 Å². The Balaban J connectivity index is 2.27. The van der Waals surface area contributed by atoms with Gasteiger partial charge in [0.1, 0.15) is 11.5 Å². The molecule has 0 atom stereocenters. The van der Waals surface area contributed by atoms with Crippen LogP contribution in [0, 0.1) is 5.82 Å². The summed E-state index contributed by atoms with van der Waals surface area (Å²) in [5.74, 6) is -0.768. The van der Waals surface area contributed by atoms with Gasteiger partial charge in [0.05, 0.1) is 12.1 Å². The van der Waals surface area contributed by atoms with Gasteiger partial charge in [0.2, 0.25) is 0 Å². The zero-order valence-corrected chi connectivity index (χ0v) is 12.6. The number of ether oxygens (including phenoxy) is 1. The van der Waals surface area contributed by atoms with Crippen LogP contribution in [-0.2, 0) is 4.74 Å². The minimum absolute atomic E-state index is 0.282. The van der Waals surface area contributed by atoms with Gasteiger partial charge in [0.15, 0.2) is 0 Å². The molecule has 3 nitrogen and oxygen atoms in total. The Kier molecular flexibility index (Phi) is 3.86. The standard InChI is InChI=1S/C17H13ClFNO2/c1-2-22-17(21)16-9-11-3-4-12(18)10-15(11)20(16)14-7-5-13(19)6-8-14/h3-10H,2H2,1H3. The summed E-state index contributed by atoms with van der Waals surface area (Å²) < 4.78 is 20.0. The van der Waals surface area contributed by atoms with Gasteiger partial charge in [-0.25, -0.2) is 9.18 Å². The highest BCUT2D eigenvalue weighted by molar-refractivity contribution is 6.31. The van der Waals surface area contributed by atoms with E-state index in [4.69, 9.17) is 16.3 Å². The Morgan fingerprint density at radius 3 is 2.59 bits per heavy atom. The van der Waals surface area contributed by atoms with Crippen molar-refractivity contribution in [2.75, 3.05) is 6.61 Å². The molecule has 0 saturated heterocycles. The van der Waals surface area contributed by atoms with E-state index in [1.807, 2.05) is 6.07 Å². The van der Waals surface area contributed by atoms with Crippen LogP contribution in [0.4, 0.5) is 4.39 Å². The van der Waals surface area contributed by atoms with Gasteiger partial charge in [-0.2, -0.15) is 0 Å². The van der Waals surface area contributed by atoms with Crippen molar-refractivity contribution in [1.82, 2.24) is 4.57 Å². The van der Waals surface area contributed by atoms with Crippen molar-refractivity contribution >= 4 is 28.5 Å². The number of aromatic nitrogens is 1. The first-order valence-electron chi connectivity index (χ1n) is 6.84. The van der Waals surface area contributed by atoms with Crippen LogP contribution < -0.4 is 0 Å². The van der Waals surface area contributed by atoms with Gasteiger partial charge in [-0.15, -0.1) is 0 Å². The van der Waals surface area contributed by atoms with E-state index in [0.29, 0.717) is 16.4 Å². The van der Waals surface area contributed by atoms with Crippen molar-refractivity contribution in [1.29, 1.82) is 0 Å². The highest BCUT2D eigenvalue weighted by Gasteiger charge is 2.18. The fourth-order valence-corrected chi connectivity index (χ4v) is 2.56. The van der Waals surface area contributed by atoms with Gasteiger partial charge in [0, 0.05) is 16.1 Å². The molecule has 0 aliphatic heterocycles. The topological polar surface area (TPSA) is 31.2 Å². The molecule has 3 rings (SSSR count). The first kappa shape index (κ1) is 14.6. The fourth-order valence-electron chi connectivity index (χ4n) is 2.40. The lowest BCUT2D eigenvalue weighted by atomic mass is 10.2. The average Bonchev–Trinajstić information content (AvgIpc) is 2.87. The van der Waals surface area contributed by atoms with E-state index < -0.39 is 5.97 Å². The molecule has 2 aromatic carbocycles. The Morgan fingerprint density at radius 2 is 1.91 bits per heavy atom. The number of rotatable bonds is 3. The van der Waals surface area contributed by atoms with E-state index in [1.165, 1.54) is 12.1 Å². The predicted molar refractivity (Wildman–Crippen MR) is 84.2 cm³/mol. The molecule has 0 N–H and O–H groups in total. The van der Waals surface area contributed by atoms with Crippen molar-refractivity contribution in [3.05, 3.63) is 65.1 Å². The molecule has 0 radical (unpaired) electrons. The van der Waals surface area contributed by atoms with Gasteiger partial charge in [-0.1, -0.05) is 17.7 Å². The largest absolute Gasteiger partial charge is 0.461 e. The number of esters is 1. The lowest BCUT2D eigenvalue weighted by molar-refractivity contribution is 0.0517. The van der Waals surface area contributed by atoms with Crippen LogP contribution in [0.2, 0.25) is 5.02 Å². The summed E-state index contributed by atoms with van der Waals surface area (Å²) in [5.41, 5.74) is 1.81. The van der Waals surface area contributed by atoms with Gasteiger partial charge in [0.25, 0.3) is 0 Å². The van der Waals surface area contributed by atoms with Crippen molar-refractivity contribution < 1.29 is 13.9 Å². The van der Waals surface area contributed by atoms with E-state index in [-0.39, 0.29) is 12.4 Å². The summed E-state index contributed by atoms with van der Waals surface area (Å²) in [6.45, 7) is 2.03. The molecule has 22 heavy (non-hydrogen) atoms. The second-order valence-corrected chi connectivity index (χ2v) is 5.20. The second-order valence-electron chi connectivity index (χ2n) is 4.77.